The summed E-state index contributed by atoms with van der Waals surface area (Å²) >= 11 is 0. The highest BCUT2D eigenvalue weighted by Crippen LogP contribution is 2.42. The van der Waals surface area contributed by atoms with E-state index in [9.17, 15) is 14.7 Å². The number of aryl methyl sites for hydroxylation is 2. The van der Waals surface area contributed by atoms with Crippen molar-refractivity contribution in [2.75, 3.05) is 12.0 Å². The van der Waals surface area contributed by atoms with Crippen LogP contribution in [0.2, 0.25) is 0 Å². The average Bonchev–Trinajstić information content (AvgIpc) is 3.07. The molecule has 1 amide bonds. The first kappa shape index (κ1) is 19.8. The lowest BCUT2D eigenvalue weighted by atomic mass is 9.97. The smallest absolute Gasteiger partial charge is 0.296 e. The van der Waals surface area contributed by atoms with E-state index >= 15 is 0 Å². The summed E-state index contributed by atoms with van der Waals surface area (Å²) < 4.78 is 11.2. The van der Waals surface area contributed by atoms with Gasteiger partial charge in [0.1, 0.15) is 11.4 Å². The van der Waals surface area contributed by atoms with Gasteiger partial charge in [0, 0.05) is 5.69 Å². The summed E-state index contributed by atoms with van der Waals surface area (Å²) in [7, 11) is 1.44. The Morgan fingerprint density at radius 2 is 1.88 bits per heavy atom. The maximum atomic E-state index is 13.6. The summed E-state index contributed by atoms with van der Waals surface area (Å²) in [6.07, 6.45) is 0. The molecule has 160 valence electrons. The molecule has 7 nitrogen and oxygen atoms in total. The van der Waals surface area contributed by atoms with Crippen LogP contribution in [0.3, 0.4) is 0 Å². The number of carbonyl (C=O) groups excluding carboxylic acids is 1. The maximum Gasteiger partial charge on any atom is 0.296 e. The largest absolute Gasteiger partial charge is 0.504 e. The minimum Gasteiger partial charge on any atom is -0.504 e. The zero-order valence-corrected chi connectivity index (χ0v) is 17.7. The van der Waals surface area contributed by atoms with Crippen LogP contribution in [0.5, 0.6) is 11.5 Å². The molecule has 0 saturated carbocycles. The molecule has 0 fully saturated rings. The first-order valence-electron chi connectivity index (χ1n) is 10.1. The van der Waals surface area contributed by atoms with Gasteiger partial charge in [-0.3, -0.25) is 14.5 Å². The van der Waals surface area contributed by atoms with Crippen molar-refractivity contribution < 1.29 is 19.1 Å². The van der Waals surface area contributed by atoms with Crippen LogP contribution in [-0.4, -0.2) is 23.1 Å². The highest BCUT2D eigenvalue weighted by Gasteiger charge is 2.44. The lowest BCUT2D eigenvalue weighted by molar-refractivity contribution is 0.0970. The number of aromatic hydroxyl groups is 1. The molecule has 1 atom stereocenters. The number of fused-ring (bicyclic) bond motifs is 2. The Labute approximate surface area is 183 Å². The van der Waals surface area contributed by atoms with E-state index in [1.807, 2.05) is 26.0 Å². The Morgan fingerprint density at radius 3 is 2.62 bits per heavy atom. The van der Waals surface area contributed by atoms with Gasteiger partial charge in [-0.2, -0.15) is 0 Å². The third-order valence-corrected chi connectivity index (χ3v) is 5.67. The van der Waals surface area contributed by atoms with Crippen molar-refractivity contribution in [2.24, 2.45) is 0 Å². The van der Waals surface area contributed by atoms with Gasteiger partial charge >= 0.3 is 0 Å². The number of hydrogen-bond donors (Lipinski definition) is 1. The highest BCUT2D eigenvalue weighted by molar-refractivity contribution is 6.10. The van der Waals surface area contributed by atoms with Crippen molar-refractivity contribution in [3.63, 3.8) is 0 Å². The van der Waals surface area contributed by atoms with Crippen molar-refractivity contribution in [2.45, 2.75) is 19.9 Å². The number of hydrogen-bond acceptors (Lipinski definition) is 6. The SMILES string of the molecule is COc1cc([C@@H]2c3c(oc4ccc(C)cc4c3=O)C(=O)N2c2cccc(C)n2)ccc1O. The molecule has 0 unspecified atom stereocenters. The predicted molar refractivity (Wildman–Crippen MR) is 120 cm³/mol. The van der Waals surface area contributed by atoms with Gasteiger partial charge in [0.15, 0.2) is 16.9 Å². The Kier molecular flexibility index (Phi) is 4.48. The number of methoxy groups -OCH3 is 1. The molecular weight excluding hydrogens is 408 g/mol. The van der Waals surface area contributed by atoms with Gasteiger partial charge in [0.2, 0.25) is 5.76 Å². The van der Waals surface area contributed by atoms with Crippen LogP contribution in [0.15, 0.2) is 63.8 Å². The predicted octanol–water partition coefficient (Wildman–Crippen LogP) is 4.27. The van der Waals surface area contributed by atoms with Crippen LogP contribution in [-0.2, 0) is 0 Å². The quantitative estimate of drug-likeness (QED) is 0.524. The number of phenols is 1. The monoisotopic (exact) mass is 428 g/mol. The molecule has 32 heavy (non-hydrogen) atoms. The highest BCUT2D eigenvalue weighted by atomic mass is 16.5. The molecule has 7 heteroatoms. The lowest BCUT2D eigenvalue weighted by Gasteiger charge is -2.25. The second-order valence-corrected chi connectivity index (χ2v) is 7.82. The molecule has 0 radical (unpaired) electrons. The van der Waals surface area contributed by atoms with Crippen LogP contribution < -0.4 is 15.1 Å². The molecule has 0 bridgehead atoms. The van der Waals surface area contributed by atoms with Crippen LogP contribution in [0.4, 0.5) is 5.82 Å². The summed E-state index contributed by atoms with van der Waals surface area (Å²) in [4.78, 5) is 33.2. The number of nitrogens with zero attached hydrogens (tertiary/aromatic N) is 2. The molecule has 1 aliphatic rings. The van der Waals surface area contributed by atoms with Crippen molar-refractivity contribution in [1.29, 1.82) is 0 Å². The third-order valence-electron chi connectivity index (χ3n) is 5.67. The molecule has 4 aromatic rings. The van der Waals surface area contributed by atoms with Crippen LogP contribution in [0.1, 0.15) is 39.0 Å². The molecule has 1 aliphatic heterocycles. The number of amides is 1. The normalized spacial score (nSPS) is 15.3. The number of carbonyl (C=O) groups is 1. The van der Waals surface area contributed by atoms with E-state index in [1.165, 1.54) is 18.1 Å². The fourth-order valence-electron chi connectivity index (χ4n) is 4.17. The second kappa shape index (κ2) is 7.23. The maximum absolute atomic E-state index is 13.6. The Morgan fingerprint density at radius 1 is 1.06 bits per heavy atom. The Hall–Kier alpha value is -4.13. The number of rotatable bonds is 3. The molecule has 0 spiro atoms. The van der Waals surface area contributed by atoms with Gasteiger partial charge in [-0.25, -0.2) is 4.98 Å². The van der Waals surface area contributed by atoms with Crippen molar-refractivity contribution in [1.82, 2.24) is 4.98 Å². The van der Waals surface area contributed by atoms with Crippen LogP contribution in [0, 0.1) is 13.8 Å². The molecule has 5 rings (SSSR count). The van der Waals surface area contributed by atoms with Crippen molar-refractivity contribution in [3.8, 4) is 11.5 Å². The molecule has 0 aliphatic carbocycles. The van der Waals surface area contributed by atoms with Gasteiger partial charge in [-0.05, 0) is 55.8 Å². The summed E-state index contributed by atoms with van der Waals surface area (Å²) in [6, 6.07) is 14.6. The number of pyridine rings is 1. The van der Waals surface area contributed by atoms with E-state index in [0.29, 0.717) is 22.4 Å². The van der Waals surface area contributed by atoms with E-state index < -0.39 is 11.9 Å². The number of benzene rings is 2. The van der Waals surface area contributed by atoms with Gasteiger partial charge in [-0.1, -0.05) is 23.8 Å². The van der Waals surface area contributed by atoms with E-state index in [4.69, 9.17) is 9.15 Å². The molecule has 2 aromatic heterocycles. The average molecular weight is 428 g/mol. The summed E-state index contributed by atoms with van der Waals surface area (Å²) in [5.74, 6) is 0.142. The number of anilines is 1. The number of phenolic OH excluding ortho intramolecular Hbond substituents is 1. The minimum absolute atomic E-state index is 0.00768. The zero-order valence-electron chi connectivity index (χ0n) is 17.7. The van der Waals surface area contributed by atoms with Crippen molar-refractivity contribution in [3.05, 3.63) is 93.0 Å². The van der Waals surface area contributed by atoms with E-state index in [-0.39, 0.29) is 28.3 Å². The van der Waals surface area contributed by atoms with E-state index in [1.54, 1.807) is 36.4 Å². The van der Waals surface area contributed by atoms with Crippen molar-refractivity contribution >= 4 is 22.7 Å². The van der Waals surface area contributed by atoms with E-state index in [2.05, 4.69) is 4.98 Å². The topological polar surface area (TPSA) is 92.9 Å². The second-order valence-electron chi connectivity index (χ2n) is 7.82. The fourth-order valence-corrected chi connectivity index (χ4v) is 4.17. The van der Waals surface area contributed by atoms with Crippen LogP contribution >= 0.6 is 0 Å². The summed E-state index contributed by atoms with van der Waals surface area (Å²) in [6.45, 7) is 3.72. The standard InChI is InChI=1S/C25H20N2O5/c1-13-7-10-18-16(11-13)23(29)21-22(15-8-9-17(28)19(12-15)31-3)27(25(30)24(21)32-18)20-6-4-5-14(2)26-20/h4-12,22,28H,1-3H3/t22-/m1/s1. The van der Waals surface area contributed by atoms with Gasteiger partial charge in [-0.15, -0.1) is 0 Å². The van der Waals surface area contributed by atoms with E-state index in [0.717, 1.165) is 11.3 Å². The molecule has 3 heterocycles. The number of ether oxygens (including phenoxy) is 1. The third kappa shape index (κ3) is 2.93. The molecular formula is C25H20N2O5. The van der Waals surface area contributed by atoms with Crippen LogP contribution in [0.25, 0.3) is 11.0 Å². The minimum atomic E-state index is -0.789. The first-order chi connectivity index (χ1) is 15.4. The lowest BCUT2D eigenvalue weighted by Crippen LogP contribution is -2.30. The Balaban J connectivity index is 1.83. The van der Waals surface area contributed by atoms with Gasteiger partial charge in [0.25, 0.3) is 5.91 Å². The number of aromatic nitrogens is 1. The Bertz CT molecular complexity index is 1460. The summed E-state index contributed by atoms with van der Waals surface area (Å²) in [5.41, 5.74) is 2.56. The molecule has 2 aromatic carbocycles. The zero-order chi connectivity index (χ0) is 22.6. The molecule has 1 N–H and O–H groups in total. The molecule has 0 saturated heterocycles. The first-order valence-corrected chi connectivity index (χ1v) is 10.1. The fraction of sp³-hybridized carbons (Fsp3) is 0.160. The summed E-state index contributed by atoms with van der Waals surface area (Å²) in [5, 5.41) is 10.5. The van der Waals surface area contributed by atoms with Gasteiger partial charge in [0.05, 0.1) is 24.1 Å². The van der Waals surface area contributed by atoms with Gasteiger partial charge < -0.3 is 14.3 Å².